The van der Waals surface area contributed by atoms with E-state index in [1.165, 1.54) is 24.4 Å². The fourth-order valence-corrected chi connectivity index (χ4v) is 4.40. The lowest BCUT2D eigenvalue weighted by Gasteiger charge is -2.37. The molecular formula is C24H23ClF4N6. The van der Waals surface area contributed by atoms with Crippen LogP contribution < -0.4 is 15.1 Å². The molecule has 2 aromatic heterocycles. The van der Waals surface area contributed by atoms with Crippen molar-refractivity contribution in [1.82, 2.24) is 15.0 Å². The Kier molecular flexibility index (Phi) is 6.39. The van der Waals surface area contributed by atoms with Gasteiger partial charge in [-0.1, -0.05) is 11.6 Å². The van der Waals surface area contributed by atoms with Crippen LogP contribution in [-0.4, -0.2) is 47.2 Å². The van der Waals surface area contributed by atoms with E-state index in [4.69, 9.17) is 11.6 Å². The lowest BCUT2D eigenvalue weighted by Crippen LogP contribution is -2.47. The van der Waals surface area contributed by atoms with Gasteiger partial charge in [0.2, 0.25) is 5.95 Å². The Labute approximate surface area is 205 Å². The average Bonchev–Trinajstić information content (AvgIpc) is 2.82. The summed E-state index contributed by atoms with van der Waals surface area (Å²) < 4.78 is 54.1. The largest absolute Gasteiger partial charge is 0.419 e. The van der Waals surface area contributed by atoms with Crippen LogP contribution in [0.2, 0.25) is 5.02 Å². The highest BCUT2D eigenvalue weighted by atomic mass is 35.5. The highest BCUT2D eigenvalue weighted by Gasteiger charge is 2.36. The smallest absolute Gasteiger partial charge is 0.353 e. The summed E-state index contributed by atoms with van der Waals surface area (Å²) in [6.45, 7) is 1.62. The Morgan fingerprint density at radius 1 is 0.971 bits per heavy atom. The molecule has 1 saturated heterocycles. The predicted octanol–water partition coefficient (Wildman–Crippen LogP) is 5.64. The highest BCUT2D eigenvalue weighted by Crippen LogP contribution is 2.36. The van der Waals surface area contributed by atoms with Crippen molar-refractivity contribution in [2.45, 2.75) is 31.5 Å². The number of piperazine rings is 1. The molecule has 3 aromatic rings. The molecule has 2 fully saturated rings. The van der Waals surface area contributed by atoms with Crippen LogP contribution in [0.1, 0.15) is 24.8 Å². The number of nitrogens with zero attached hydrogens (tertiary/aromatic N) is 5. The van der Waals surface area contributed by atoms with Crippen LogP contribution in [0.25, 0.3) is 11.3 Å². The number of hydrogen-bond acceptors (Lipinski definition) is 6. The first-order valence-corrected chi connectivity index (χ1v) is 11.8. The van der Waals surface area contributed by atoms with Crippen LogP contribution in [0, 0.1) is 5.82 Å². The maximum atomic E-state index is 13.7. The normalized spacial score (nSPS) is 16.8. The van der Waals surface area contributed by atoms with Crippen molar-refractivity contribution < 1.29 is 17.6 Å². The van der Waals surface area contributed by atoms with Crippen molar-refractivity contribution in [2.24, 2.45) is 0 Å². The molecule has 11 heteroatoms. The monoisotopic (exact) mass is 506 g/mol. The first-order chi connectivity index (χ1) is 16.8. The van der Waals surface area contributed by atoms with E-state index in [-0.39, 0.29) is 10.8 Å². The first-order valence-electron chi connectivity index (χ1n) is 11.4. The maximum absolute atomic E-state index is 13.7. The summed E-state index contributed by atoms with van der Waals surface area (Å²) >= 11 is 5.99. The summed E-state index contributed by atoms with van der Waals surface area (Å²) in [6, 6.07) is 8.87. The molecule has 0 bridgehead atoms. The second-order valence-corrected chi connectivity index (χ2v) is 9.09. The van der Waals surface area contributed by atoms with Crippen molar-refractivity contribution in [1.29, 1.82) is 0 Å². The molecule has 0 atom stereocenters. The summed E-state index contributed by atoms with van der Waals surface area (Å²) in [6.07, 6.45) is 0.124. The van der Waals surface area contributed by atoms with Crippen molar-refractivity contribution in [3.05, 3.63) is 59.0 Å². The van der Waals surface area contributed by atoms with Crippen LogP contribution in [0.4, 0.5) is 35.1 Å². The molecule has 6 nitrogen and oxygen atoms in total. The third-order valence-electron chi connectivity index (χ3n) is 6.36. The quantitative estimate of drug-likeness (QED) is 0.452. The van der Waals surface area contributed by atoms with Crippen molar-refractivity contribution in [3.63, 3.8) is 0 Å². The molecule has 0 unspecified atom stereocenters. The van der Waals surface area contributed by atoms with E-state index in [0.29, 0.717) is 55.2 Å². The fraction of sp³-hybridized carbons (Fsp3) is 0.375. The third-order valence-corrected chi connectivity index (χ3v) is 6.65. The van der Waals surface area contributed by atoms with Crippen LogP contribution in [0.15, 0.2) is 42.6 Å². The number of alkyl halides is 3. The average molecular weight is 507 g/mol. The van der Waals surface area contributed by atoms with E-state index in [1.807, 2.05) is 4.90 Å². The van der Waals surface area contributed by atoms with Gasteiger partial charge in [0.1, 0.15) is 17.5 Å². The summed E-state index contributed by atoms with van der Waals surface area (Å²) in [5, 5.41) is 3.35. The van der Waals surface area contributed by atoms with Crippen molar-refractivity contribution in [3.8, 4) is 11.3 Å². The zero-order chi connectivity index (χ0) is 24.6. The van der Waals surface area contributed by atoms with Gasteiger partial charge in [0, 0.05) is 50.0 Å². The summed E-state index contributed by atoms with van der Waals surface area (Å²) in [4.78, 5) is 17.0. The minimum atomic E-state index is -4.47. The molecule has 0 amide bonds. The predicted molar refractivity (Wildman–Crippen MR) is 127 cm³/mol. The number of pyridine rings is 1. The summed E-state index contributed by atoms with van der Waals surface area (Å²) in [5.74, 6) is 0.542. The Hall–Kier alpha value is -3.14. The van der Waals surface area contributed by atoms with E-state index in [1.54, 1.807) is 17.0 Å². The maximum Gasteiger partial charge on any atom is 0.419 e. The molecule has 3 heterocycles. The van der Waals surface area contributed by atoms with Gasteiger partial charge in [-0.2, -0.15) is 18.2 Å². The SMILES string of the molecule is Fc1ccc(-c2cc(N3CCN(c4ncccc4C(F)(F)F)CC3)nc(NC3CCC3)n2)cc1Cl. The minimum Gasteiger partial charge on any atom is -0.353 e. The molecular weight excluding hydrogens is 484 g/mol. The van der Waals surface area contributed by atoms with Crippen molar-refractivity contribution >= 4 is 29.2 Å². The number of aromatic nitrogens is 3. The lowest BCUT2D eigenvalue weighted by molar-refractivity contribution is -0.137. The molecule has 0 radical (unpaired) electrons. The van der Waals surface area contributed by atoms with Gasteiger partial charge >= 0.3 is 6.18 Å². The molecule has 1 aliphatic heterocycles. The van der Waals surface area contributed by atoms with Crippen LogP contribution >= 0.6 is 11.6 Å². The second kappa shape index (κ2) is 9.49. The minimum absolute atomic E-state index is 0.000564. The van der Waals surface area contributed by atoms with Gasteiger partial charge in [-0.25, -0.2) is 14.4 Å². The molecule has 35 heavy (non-hydrogen) atoms. The number of hydrogen-bond donors (Lipinski definition) is 1. The summed E-state index contributed by atoms with van der Waals surface area (Å²) in [5.41, 5.74) is 0.502. The molecule has 184 valence electrons. The standard InChI is InChI=1S/C24H23ClF4N6/c25-18-13-15(6-7-19(18)26)20-14-21(33-23(32-20)31-16-3-1-4-16)34-9-11-35(12-10-34)22-17(24(27,28)29)5-2-8-30-22/h2,5-8,13-14,16H,1,3-4,9-12H2,(H,31,32,33). The van der Waals surface area contributed by atoms with Crippen LogP contribution in [-0.2, 0) is 6.18 Å². The topological polar surface area (TPSA) is 57.2 Å². The van der Waals surface area contributed by atoms with Gasteiger partial charge in [0.15, 0.2) is 0 Å². The number of halogens is 5. The van der Waals surface area contributed by atoms with Gasteiger partial charge in [0.05, 0.1) is 16.3 Å². The highest BCUT2D eigenvalue weighted by molar-refractivity contribution is 6.31. The molecule has 5 rings (SSSR count). The molecule has 2 aliphatic rings. The van der Waals surface area contributed by atoms with Gasteiger partial charge in [-0.05, 0) is 49.6 Å². The van der Waals surface area contributed by atoms with Crippen LogP contribution in [0.5, 0.6) is 0 Å². The molecule has 1 aliphatic carbocycles. The van der Waals surface area contributed by atoms with Crippen molar-refractivity contribution in [2.75, 3.05) is 41.3 Å². The van der Waals surface area contributed by atoms with Crippen LogP contribution in [0.3, 0.4) is 0 Å². The number of nitrogens with one attached hydrogen (secondary N) is 1. The van der Waals surface area contributed by atoms with Gasteiger partial charge in [0.25, 0.3) is 0 Å². The third kappa shape index (κ3) is 5.12. The number of benzene rings is 1. The van der Waals surface area contributed by atoms with Gasteiger partial charge in [-0.15, -0.1) is 0 Å². The molecule has 1 saturated carbocycles. The molecule has 1 N–H and O–H groups in total. The van der Waals surface area contributed by atoms with E-state index >= 15 is 0 Å². The Morgan fingerprint density at radius 3 is 2.37 bits per heavy atom. The van der Waals surface area contributed by atoms with Gasteiger partial charge in [-0.3, -0.25) is 0 Å². The summed E-state index contributed by atoms with van der Waals surface area (Å²) in [7, 11) is 0. The van der Waals surface area contributed by atoms with E-state index < -0.39 is 17.6 Å². The zero-order valence-electron chi connectivity index (χ0n) is 18.7. The lowest BCUT2D eigenvalue weighted by atomic mass is 9.93. The Balaban J connectivity index is 1.40. The van der Waals surface area contributed by atoms with Gasteiger partial charge < -0.3 is 15.1 Å². The fourth-order valence-electron chi connectivity index (χ4n) is 4.22. The van der Waals surface area contributed by atoms with E-state index in [2.05, 4.69) is 20.3 Å². The number of anilines is 3. The van der Waals surface area contributed by atoms with E-state index in [9.17, 15) is 17.6 Å². The Bertz CT molecular complexity index is 1210. The number of rotatable bonds is 5. The zero-order valence-corrected chi connectivity index (χ0v) is 19.5. The Morgan fingerprint density at radius 2 is 1.71 bits per heavy atom. The molecule has 0 spiro atoms. The second-order valence-electron chi connectivity index (χ2n) is 8.68. The molecule has 1 aromatic carbocycles. The first kappa shape index (κ1) is 23.6. The van der Waals surface area contributed by atoms with E-state index in [0.717, 1.165) is 25.3 Å².